The normalized spacial score (nSPS) is 16.6. The zero-order valence-electron chi connectivity index (χ0n) is 12.6. The number of carbonyl (C=O) groups excluding carboxylic acids is 2. The molecule has 0 aromatic heterocycles. The lowest BCUT2D eigenvalue weighted by molar-refractivity contribution is -0.138. The molecular formula is C14H24N4O2. The number of terminal acetylenes is 1. The molecule has 0 bridgehead atoms. The van der Waals surface area contributed by atoms with E-state index in [-0.39, 0.29) is 11.8 Å². The van der Waals surface area contributed by atoms with E-state index in [1.807, 2.05) is 4.90 Å². The molecule has 0 saturated carbocycles. The van der Waals surface area contributed by atoms with Gasteiger partial charge in [0, 0.05) is 33.2 Å². The Balaban J connectivity index is 2.42. The van der Waals surface area contributed by atoms with Crippen LogP contribution < -0.4 is 5.73 Å². The van der Waals surface area contributed by atoms with Crippen molar-refractivity contribution in [3.05, 3.63) is 0 Å². The number of nitrogens with zero attached hydrogens (tertiary/aromatic N) is 3. The highest BCUT2D eigenvalue weighted by molar-refractivity contribution is 5.85. The predicted molar refractivity (Wildman–Crippen MR) is 77.8 cm³/mol. The van der Waals surface area contributed by atoms with Crippen molar-refractivity contribution < 1.29 is 9.59 Å². The molecule has 6 heteroatoms. The van der Waals surface area contributed by atoms with E-state index in [1.165, 1.54) is 4.90 Å². The molecule has 1 aliphatic heterocycles. The third kappa shape index (κ3) is 4.51. The molecule has 20 heavy (non-hydrogen) atoms. The molecule has 112 valence electrons. The summed E-state index contributed by atoms with van der Waals surface area (Å²) in [6.45, 7) is 6.64. The summed E-state index contributed by atoms with van der Waals surface area (Å²) in [6.07, 6.45) is 5.18. The van der Waals surface area contributed by atoms with E-state index in [4.69, 9.17) is 12.2 Å². The van der Waals surface area contributed by atoms with Crippen molar-refractivity contribution in [2.75, 3.05) is 46.3 Å². The molecule has 1 heterocycles. The van der Waals surface area contributed by atoms with Crippen LogP contribution in [-0.4, -0.2) is 78.4 Å². The molecule has 6 nitrogen and oxygen atoms in total. The highest BCUT2D eigenvalue weighted by Crippen LogP contribution is 2.08. The van der Waals surface area contributed by atoms with Gasteiger partial charge in [-0.1, -0.05) is 5.92 Å². The van der Waals surface area contributed by atoms with Crippen LogP contribution in [0.4, 0.5) is 0 Å². The second-order valence-corrected chi connectivity index (χ2v) is 5.74. The van der Waals surface area contributed by atoms with E-state index in [0.29, 0.717) is 39.3 Å². The van der Waals surface area contributed by atoms with Crippen molar-refractivity contribution >= 4 is 11.8 Å². The van der Waals surface area contributed by atoms with Gasteiger partial charge in [-0.3, -0.25) is 14.5 Å². The van der Waals surface area contributed by atoms with E-state index in [9.17, 15) is 9.59 Å². The van der Waals surface area contributed by atoms with Gasteiger partial charge in [0.15, 0.2) is 0 Å². The van der Waals surface area contributed by atoms with E-state index < -0.39 is 5.54 Å². The first-order valence-electron chi connectivity index (χ1n) is 6.73. The van der Waals surface area contributed by atoms with Crippen LogP contribution in [0.15, 0.2) is 0 Å². The Morgan fingerprint density at radius 2 is 1.85 bits per heavy atom. The lowest BCUT2D eigenvalue weighted by Gasteiger charge is -2.37. The van der Waals surface area contributed by atoms with E-state index in [0.717, 1.165) is 0 Å². The topological polar surface area (TPSA) is 69.9 Å². The molecular weight excluding hydrogens is 256 g/mol. The van der Waals surface area contributed by atoms with Crippen LogP contribution >= 0.6 is 0 Å². The second kappa shape index (κ2) is 6.73. The summed E-state index contributed by atoms with van der Waals surface area (Å²) in [7, 11) is 1.69. The molecule has 1 rings (SSSR count). The zero-order chi connectivity index (χ0) is 15.3. The van der Waals surface area contributed by atoms with Gasteiger partial charge in [0.2, 0.25) is 11.8 Å². The molecule has 0 radical (unpaired) electrons. The predicted octanol–water partition coefficient (Wildman–Crippen LogP) is -1.04. The van der Waals surface area contributed by atoms with Crippen LogP contribution in [0.5, 0.6) is 0 Å². The van der Waals surface area contributed by atoms with Crippen LogP contribution in [0.2, 0.25) is 0 Å². The number of hydrogen-bond acceptors (Lipinski definition) is 4. The Kier molecular flexibility index (Phi) is 5.54. The molecule has 1 fully saturated rings. The molecule has 0 unspecified atom stereocenters. The molecule has 1 saturated heterocycles. The maximum Gasteiger partial charge on any atom is 0.242 e. The van der Waals surface area contributed by atoms with Crippen molar-refractivity contribution in [3.63, 3.8) is 0 Å². The highest BCUT2D eigenvalue weighted by Gasteiger charge is 2.30. The van der Waals surface area contributed by atoms with Gasteiger partial charge in [-0.15, -0.1) is 6.42 Å². The number of likely N-dealkylation sites (N-methyl/N-ethyl adjacent to an activating group) is 1. The first-order chi connectivity index (χ1) is 9.25. The summed E-state index contributed by atoms with van der Waals surface area (Å²) in [4.78, 5) is 29.2. The summed E-state index contributed by atoms with van der Waals surface area (Å²) >= 11 is 0. The minimum atomic E-state index is -0.842. The van der Waals surface area contributed by atoms with Gasteiger partial charge in [-0.25, -0.2) is 0 Å². The fraction of sp³-hybridized carbons (Fsp3) is 0.714. The lowest BCUT2D eigenvalue weighted by Crippen LogP contribution is -2.57. The summed E-state index contributed by atoms with van der Waals surface area (Å²) in [5.74, 6) is 2.40. The van der Waals surface area contributed by atoms with Crippen molar-refractivity contribution in [2.45, 2.75) is 19.4 Å². The maximum absolute atomic E-state index is 12.0. The monoisotopic (exact) mass is 280 g/mol. The van der Waals surface area contributed by atoms with Crippen LogP contribution in [-0.2, 0) is 9.59 Å². The van der Waals surface area contributed by atoms with Crippen LogP contribution in [0.1, 0.15) is 13.8 Å². The minimum absolute atomic E-state index is 0.00174. The largest absolute Gasteiger partial charge is 0.339 e. The fourth-order valence-electron chi connectivity index (χ4n) is 2.05. The number of amides is 2. The van der Waals surface area contributed by atoms with Crippen LogP contribution in [0.25, 0.3) is 0 Å². The zero-order valence-corrected chi connectivity index (χ0v) is 12.6. The first kappa shape index (κ1) is 16.5. The molecule has 2 N–H and O–H groups in total. The third-order valence-corrected chi connectivity index (χ3v) is 3.32. The Labute approximate surface area is 120 Å². The van der Waals surface area contributed by atoms with E-state index in [1.54, 1.807) is 25.8 Å². The van der Waals surface area contributed by atoms with Gasteiger partial charge in [0.05, 0.1) is 18.6 Å². The summed E-state index contributed by atoms with van der Waals surface area (Å²) in [5, 5.41) is 0. The Hall–Kier alpha value is -1.58. The summed E-state index contributed by atoms with van der Waals surface area (Å²) in [6, 6.07) is 0. The van der Waals surface area contributed by atoms with Gasteiger partial charge < -0.3 is 15.5 Å². The molecule has 1 aliphatic rings. The Bertz CT molecular complexity index is 400. The van der Waals surface area contributed by atoms with Crippen LogP contribution in [0, 0.1) is 12.3 Å². The standard InChI is InChI=1S/C14H24N4O2/c1-5-6-16(4)12(19)11-17-7-9-18(10-8-17)13(20)14(2,3)15/h1H,6-11,15H2,2-4H3. The minimum Gasteiger partial charge on any atom is -0.339 e. The third-order valence-electron chi connectivity index (χ3n) is 3.32. The number of carbonyl (C=O) groups is 2. The molecule has 0 spiro atoms. The highest BCUT2D eigenvalue weighted by atomic mass is 16.2. The molecule has 2 amide bonds. The summed E-state index contributed by atoms with van der Waals surface area (Å²) in [5.41, 5.74) is 4.97. The van der Waals surface area contributed by atoms with Gasteiger partial charge in [0.25, 0.3) is 0 Å². The van der Waals surface area contributed by atoms with Crippen molar-refractivity contribution in [1.82, 2.24) is 14.7 Å². The molecule has 0 aromatic carbocycles. The Morgan fingerprint density at radius 1 is 1.30 bits per heavy atom. The smallest absolute Gasteiger partial charge is 0.242 e. The first-order valence-corrected chi connectivity index (χ1v) is 6.73. The maximum atomic E-state index is 12.0. The van der Waals surface area contributed by atoms with Crippen molar-refractivity contribution in [3.8, 4) is 12.3 Å². The van der Waals surface area contributed by atoms with Crippen molar-refractivity contribution in [1.29, 1.82) is 0 Å². The average molecular weight is 280 g/mol. The van der Waals surface area contributed by atoms with Gasteiger partial charge in [-0.2, -0.15) is 0 Å². The second-order valence-electron chi connectivity index (χ2n) is 5.74. The summed E-state index contributed by atoms with van der Waals surface area (Å²) < 4.78 is 0. The number of hydrogen-bond donors (Lipinski definition) is 1. The molecule has 0 aromatic rings. The van der Waals surface area contributed by atoms with Crippen molar-refractivity contribution in [2.24, 2.45) is 5.73 Å². The number of rotatable bonds is 4. The number of piperazine rings is 1. The number of nitrogens with two attached hydrogens (primary N) is 1. The van der Waals surface area contributed by atoms with Gasteiger partial charge in [0.1, 0.15) is 0 Å². The van der Waals surface area contributed by atoms with Gasteiger partial charge >= 0.3 is 0 Å². The van der Waals surface area contributed by atoms with Crippen LogP contribution in [0.3, 0.4) is 0 Å². The average Bonchev–Trinajstić information content (AvgIpc) is 2.38. The lowest BCUT2D eigenvalue weighted by atomic mass is 10.0. The SMILES string of the molecule is C#CCN(C)C(=O)CN1CCN(C(=O)C(C)(C)N)CC1. The van der Waals surface area contributed by atoms with E-state index in [2.05, 4.69) is 5.92 Å². The Morgan fingerprint density at radius 3 is 2.30 bits per heavy atom. The fourth-order valence-corrected chi connectivity index (χ4v) is 2.05. The van der Waals surface area contributed by atoms with E-state index >= 15 is 0 Å². The molecule has 0 aliphatic carbocycles. The molecule has 0 atom stereocenters. The van der Waals surface area contributed by atoms with Gasteiger partial charge in [-0.05, 0) is 13.8 Å². The quantitative estimate of drug-likeness (QED) is 0.668.